The molecule has 0 heterocycles. The van der Waals surface area contributed by atoms with E-state index in [1.165, 1.54) is 5.56 Å². The molecule has 0 aromatic heterocycles. The van der Waals surface area contributed by atoms with Crippen molar-refractivity contribution in [1.29, 1.82) is 0 Å². The molecular weight excluding hydrogens is 226 g/mol. The van der Waals surface area contributed by atoms with Gasteiger partial charge in [0.1, 0.15) is 18.5 Å². The minimum atomic E-state index is -0.503. The maximum absolute atomic E-state index is 9.78. The first-order chi connectivity index (χ1) is 8.40. The normalized spacial score (nSPS) is 13.4. The van der Waals surface area contributed by atoms with Crippen LogP contribution < -0.4 is 10.1 Å². The second-order valence-corrected chi connectivity index (χ2v) is 5.49. The average Bonchev–Trinajstić information content (AvgIpc) is 2.33. The van der Waals surface area contributed by atoms with Gasteiger partial charge in [-0.05, 0) is 51.8 Å². The van der Waals surface area contributed by atoms with E-state index in [2.05, 4.69) is 33.0 Å². The zero-order valence-electron chi connectivity index (χ0n) is 11.6. The van der Waals surface area contributed by atoms with Crippen LogP contribution in [0.25, 0.3) is 0 Å². The van der Waals surface area contributed by atoms with Gasteiger partial charge in [-0.3, -0.25) is 0 Å². The van der Waals surface area contributed by atoms with E-state index in [0.717, 1.165) is 12.2 Å². The molecule has 0 fully saturated rings. The summed E-state index contributed by atoms with van der Waals surface area (Å²) < 4.78 is 5.52. The summed E-state index contributed by atoms with van der Waals surface area (Å²) >= 11 is 0. The monoisotopic (exact) mass is 250 g/mol. The zero-order chi connectivity index (χ0) is 13.6. The molecule has 18 heavy (non-hydrogen) atoms. The Labute approximate surface area is 110 Å². The maximum Gasteiger partial charge on any atom is 0.119 e. The van der Waals surface area contributed by atoms with Gasteiger partial charge in [0, 0.05) is 12.1 Å². The van der Waals surface area contributed by atoms with Crippen molar-refractivity contribution in [2.45, 2.75) is 38.8 Å². The lowest BCUT2D eigenvalue weighted by atomic mass is 10.1. The summed E-state index contributed by atoms with van der Waals surface area (Å²) in [5, 5.41) is 13.0. The molecule has 1 unspecified atom stereocenters. The van der Waals surface area contributed by atoms with Crippen molar-refractivity contribution in [1.82, 2.24) is 5.32 Å². The van der Waals surface area contributed by atoms with E-state index in [1.807, 2.05) is 24.3 Å². The largest absolute Gasteiger partial charge is 0.491 e. The lowest BCUT2D eigenvalue weighted by Gasteiger charge is -2.22. The Bertz CT molecular complexity index is 341. The number of hydrogen-bond acceptors (Lipinski definition) is 3. The molecular formula is C15H24NO2. The smallest absolute Gasteiger partial charge is 0.119 e. The Hall–Kier alpha value is -1.06. The van der Waals surface area contributed by atoms with Gasteiger partial charge in [-0.2, -0.15) is 0 Å². The fourth-order valence-corrected chi connectivity index (χ4v) is 1.43. The molecule has 0 saturated heterocycles. The second kappa shape index (κ2) is 6.76. The summed E-state index contributed by atoms with van der Waals surface area (Å²) in [6, 6.07) is 7.79. The third-order valence-corrected chi connectivity index (χ3v) is 2.52. The van der Waals surface area contributed by atoms with E-state index < -0.39 is 6.10 Å². The minimum absolute atomic E-state index is 0.0107. The Morgan fingerprint density at radius 2 is 1.89 bits per heavy atom. The van der Waals surface area contributed by atoms with Gasteiger partial charge in [0.05, 0.1) is 0 Å². The van der Waals surface area contributed by atoms with E-state index in [4.69, 9.17) is 4.74 Å². The van der Waals surface area contributed by atoms with Crippen LogP contribution in [0.3, 0.4) is 0 Å². The van der Waals surface area contributed by atoms with Crippen LogP contribution in [0.4, 0.5) is 0 Å². The van der Waals surface area contributed by atoms with E-state index in [0.29, 0.717) is 13.2 Å². The number of aliphatic hydroxyl groups excluding tert-OH is 1. The number of nitrogens with one attached hydrogen (secondary N) is 1. The molecule has 0 amide bonds. The lowest BCUT2D eigenvalue weighted by molar-refractivity contribution is 0.100. The Morgan fingerprint density at radius 3 is 2.39 bits per heavy atom. The van der Waals surface area contributed by atoms with Crippen molar-refractivity contribution in [3.05, 3.63) is 36.8 Å². The van der Waals surface area contributed by atoms with Crippen LogP contribution in [-0.4, -0.2) is 29.9 Å². The maximum atomic E-state index is 9.78. The third-order valence-electron chi connectivity index (χ3n) is 2.52. The van der Waals surface area contributed by atoms with Crippen molar-refractivity contribution >= 4 is 0 Å². The quantitative estimate of drug-likeness (QED) is 0.813. The molecule has 0 aliphatic heterocycles. The van der Waals surface area contributed by atoms with Gasteiger partial charge < -0.3 is 15.2 Å². The highest BCUT2D eigenvalue weighted by Gasteiger charge is 2.12. The fraction of sp³-hybridized carbons (Fsp3) is 0.533. The molecule has 0 bridgehead atoms. The predicted molar refractivity (Wildman–Crippen MR) is 74.8 cm³/mol. The number of β-amino-alcohol motifs (C(OH)–C–C–N with tert-alkyl or cyclic N) is 1. The van der Waals surface area contributed by atoms with Crippen molar-refractivity contribution in [2.75, 3.05) is 13.2 Å². The van der Waals surface area contributed by atoms with E-state index in [1.54, 1.807) is 0 Å². The molecule has 3 nitrogen and oxygen atoms in total. The highest BCUT2D eigenvalue weighted by molar-refractivity contribution is 5.27. The molecule has 101 valence electrons. The highest BCUT2D eigenvalue weighted by atomic mass is 16.5. The van der Waals surface area contributed by atoms with Crippen LogP contribution in [0, 0.1) is 6.92 Å². The van der Waals surface area contributed by atoms with Gasteiger partial charge in [-0.25, -0.2) is 0 Å². The summed E-state index contributed by atoms with van der Waals surface area (Å²) in [7, 11) is 0. The topological polar surface area (TPSA) is 41.5 Å². The number of rotatable bonds is 6. The average molecular weight is 250 g/mol. The fourth-order valence-electron chi connectivity index (χ4n) is 1.43. The summed E-state index contributed by atoms with van der Waals surface area (Å²) in [5.74, 6) is 0.780. The van der Waals surface area contributed by atoms with Crippen LogP contribution in [-0.2, 0) is 6.42 Å². The van der Waals surface area contributed by atoms with Crippen molar-refractivity contribution in [2.24, 2.45) is 0 Å². The standard InChI is InChI=1S/C15H24NO2/c1-5-12-6-8-14(9-7-12)18-11-13(17)10-16-15(2,3)4/h6-9,13,16-17H,1,5,10-11H2,2-4H3. The van der Waals surface area contributed by atoms with Gasteiger partial charge >= 0.3 is 0 Å². The Kier molecular flexibility index (Phi) is 5.63. The highest BCUT2D eigenvalue weighted by Crippen LogP contribution is 2.12. The third kappa shape index (κ3) is 6.03. The first kappa shape index (κ1) is 15.0. The molecule has 1 aromatic carbocycles. The summed E-state index contributed by atoms with van der Waals surface area (Å²) in [4.78, 5) is 0. The van der Waals surface area contributed by atoms with Gasteiger partial charge in [0.25, 0.3) is 0 Å². The number of ether oxygens (including phenoxy) is 1. The Morgan fingerprint density at radius 1 is 1.28 bits per heavy atom. The molecule has 0 saturated carbocycles. The van der Waals surface area contributed by atoms with Gasteiger partial charge in [0.15, 0.2) is 0 Å². The van der Waals surface area contributed by atoms with E-state index >= 15 is 0 Å². The molecule has 1 aromatic rings. The van der Waals surface area contributed by atoms with Crippen LogP contribution >= 0.6 is 0 Å². The molecule has 0 spiro atoms. The summed E-state index contributed by atoms with van der Waals surface area (Å²) in [6.07, 6.45) is 0.273. The van der Waals surface area contributed by atoms with E-state index in [9.17, 15) is 5.11 Å². The number of hydrogen-bond donors (Lipinski definition) is 2. The van der Waals surface area contributed by atoms with Crippen LogP contribution in [0.2, 0.25) is 0 Å². The van der Waals surface area contributed by atoms with Crippen molar-refractivity contribution in [3.8, 4) is 5.75 Å². The summed E-state index contributed by atoms with van der Waals surface area (Å²) in [6.45, 7) is 10.8. The van der Waals surface area contributed by atoms with Crippen LogP contribution in [0.15, 0.2) is 24.3 Å². The number of aliphatic hydroxyl groups is 1. The molecule has 2 N–H and O–H groups in total. The minimum Gasteiger partial charge on any atom is -0.491 e. The van der Waals surface area contributed by atoms with Crippen LogP contribution in [0.5, 0.6) is 5.75 Å². The summed E-state index contributed by atoms with van der Waals surface area (Å²) in [5.41, 5.74) is 1.19. The lowest BCUT2D eigenvalue weighted by Crippen LogP contribution is -2.42. The molecule has 1 radical (unpaired) electrons. The number of benzene rings is 1. The SMILES string of the molecule is [CH2]Cc1ccc(OCC(O)CNC(C)(C)C)cc1. The Balaban J connectivity index is 2.31. The first-order valence-electron chi connectivity index (χ1n) is 6.35. The van der Waals surface area contributed by atoms with Crippen LogP contribution in [0.1, 0.15) is 26.3 Å². The van der Waals surface area contributed by atoms with Crippen molar-refractivity contribution < 1.29 is 9.84 Å². The van der Waals surface area contributed by atoms with Crippen molar-refractivity contribution in [3.63, 3.8) is 0 Å². The molecule has 1 rings (SSSR count). The van der Waals surface area contributed by atoms with E-state index in [-0.39, 0.29) is 5.54 Å². The molecule has 0 aliphatic rings. The first-order valence-corrected chi connectivity index (χ1v) is 6.35. The predicted octanol–water partition coefficient (Wildman–Crippen LogP) is 2.19. The molecule has 0 aliphatic carbocycles. The molecule has 3 heteroatoms. The van der Waals surface area contributed by atoms with Gasteiger partial charge in [-0.15, -0.1) is 0 Å². The second-order valence-electron chi connectivity index (χ2n) is 5.49. The van der Waals surface area contributed by atoms with Gasteiger partial charge in [-0.1, -0.05) is 12.1 Å². The zero-order valence-corrected chi connectivity index (χ0v) is 11.6. The molecule has 1 atom stereocenters. The van der Waals surface area contributed by atoms with Gasteiger partial charge in [0.2, 0.25) is 0 Å².